The van der Waals surface area contributed by atoms with E-state index in [1.54, 1.807) is 0 Å². The summed E-state index contributed by atoms with van der Waals surface area (Å²) in [5.41, 5.74) is 2.38. The first kappa shape index (κ1) is 7.73. The van der Waals surface area contributed by atoms with Gasteiger partial charge in [-0.1, -0.05) is 22.0 Å². The predicted molar refractivity (Wildman–Crippen MR) is 46.5 cm³/mol. The molecule has 1 rings (SSSR count). The molecule has 0 radical (unpaired) electrons. The molecule has 0 saturated heterocycles. The summed E-state index contributed by atoms with van der Waals surface area (Å²) in [5.74, 6) is 0. The number of halogens is 1. The first-order valence-corrected chi connectivity index (χ1v) is 4.42. The summed E-state index contributed by atoms with van der Waals surface area (Å²) >= 11 is 3.38. The van der Waals surface area contributed by atoms with E-state index in [4.69, 9.17) is 0 Å². The first-order chi connectivity index (χ1) is 4.83. The normalized spacial score (nSPS) is 9.80. The zero-order valence-electron chi connectivity index (χ0n) is 5.97. The Hall–Kier alpha value is -0.370. The summed E-state index contributed by atoms with van der Waals surface area (Å²) < 4.78 is 0. The number of pyridine rings is 1. The van der Waals surface area contributed by atoms with Crippen LogP contribution in [0.15, 0.2) is 18.3 Å². The number of nitrogens with zero attached hydrogens (tertiary/aromatic N) is 1. The number of alkyl halides is 1. The number of rotatable bonds is 2. The fraction of sp³-hybridized carbons (Fsp3) is 0.375. The Morgan fingerprint density at radius 3 is 2.80 bits per heavy atom. The van der Waals surface area contributed by atoms with E-state index in [2.05, 4.69) is 27.0 Å². The zero-order valence-corrected chi connectivity index (χ0v) is 7.56. The van der Waals surface area contributed by atoms with Crippen molar-refractivity contribution in [1.29, 1.82) is 0 Å². The second kappa shape index (κ2) is 3.71. The highest BCUT2D eigenvalue weighted by atomic mass is 79.9. The second-order valence-electron chi connectivity index (χ2n) is 2.25. The lowest BCUT2D eigenvalue weighted by Crippen LogP contribution is -1.87. The Morgan fingerprint density at radius 1 is 1.50 bits per heavy atom. The van der Waals surface area contributed by atoms with Gasteiger partial charge >= 0.3 is 0 Å². The molecule has 0 aliphatic heterocycles. The van der Waals surface area contributed by atoms with Crippen LogP contribution < -0.4 is 0 Å². The summed E-state index contributed by atoms with van der Waals surface area (Å²) in [6.07, 6.45) is 2.99. The Kier molecular flexibility index (Phi) is 2.87. The largest absolute Gasteiger partial charge is 0.261 e. The molecule has 0 saturated carbocycles. The third-order valence-electron chi connectivity index (χ3n) is 1.36. The van der Waals surface area contributed by atoms with E-state index < -0.39 is 0 Å². The molecule has 1 heterocycles. The van der Waals surface area contributed by atoms with Crippen LogP contribution in [0.4, 0.5) is 0 Å². The van der Waals surface area contributed by atoms with Crippen molar-refractivity contribution in [2.45, 2.75) is 13.3 Å². The second-order valence-corrected chi connectivity index (χ2v) is 3.04. The van der Waals surface area contributed by atoms with Crippen LogP contribution in [0.5, 0.6) is 0 Å². The van der Waals surface area contributed by atoms with Crippen molar-refractivity contribution >= 4 is 15.9 Å². The predicted octanol–water partition coefficient (Wildman–Crippen LogP) is 2.33. The lowest BCUT2D eigenvalue weighted by molar-refractivity contribution is 1.09. The molecular formula is C8H10BrN. The highest BCUT2D eigenvalue weighted by Crippen LogP contribution is 2.01. The molecule has 0 N–H and O–H groups in total. The monoisotopic (exact) mass is 199 g/mol. The zero-order chi connectivity index (χ0) is 7.40. The molecule has 2 heteroatoms. The minimum Gasteiger partial charge on any atom is -0.261 e. The van der Waals surface area contributed by atoms with Crippen LogP contribution in [-0.4, -0.2) is 10.3 Å². The minimum absolute atomic E-state index is 1.01. The SMILES string of the molecule is Cc1ccc(CCBr)cn1. The van der Waals surface area contributed by atoms with Crippen LogP contribution in [0.1, 0.15) is 11.3 Å². The highest BCUT2D eigenvalue weighted by Gasteiger charge is 1.89. The van der Waals surface area contributed by atoms with Gasteiger partial charge in [-0.2, -0.15) is 0 Å². The van der Waals surface area contributed by atoms with E-state index in [0.717, 1.165) is 17.4 Å². The molecule has 0 spiro atoms. The Balaban J connectivity index is 2.69. The molecule has 0 unspecified atom stereocenters. The maximum absolute atomic E-state index is 4.18. The van der Waals surface area contributed by atoms with Crippen molar-refractivity contribution < 1.29 is 0 Å². The van der Waals surface area contributed by atoms with Crippen LogP contribution in [0.3, 0.4) is 0 Å². The quantitative estimate of drug-likeness (QED) is 0.667. The molecule has 1 nitrogen and oxygen atoms in total. The van der Waals surface area contributed by atoms with E-state index in [1.807, 2.05) is 19.2 Å². The molecule has 0 amide bonds. The molecule has 0 bridgehead atoms. The molecule has 1 aromatic rings. The van der Waals surface area contributed by atoms with Crippen LogP contribution in [0.25, 0.3) is 0 Å². The summed E-state index contributed by atoms with van der Waals surface area (Å²) in [7, 11) is 0. The van der Waals surface area contributed by atoms with E-state index >= 15 is 0 Å². The van der Waals surface area contributed by atoms with Crippen molar-refractivity contribution in [1.82, 2.24) is 4.98 Å². The van der Waals surface area contributed by atoms with Gasteiger partial charge < -0.3 is 0 Å². The third-order valence-corrected chi connectivity index (χ3v) is 1.75. The molecule has 1 aromatic heterocycles. The van der Waals surface area contributed by atoms with Gasteiger partial charge in [0, 0.05) is 17.2 Å². The fourth-order valence-corrected chi connectivity index (χ4v) is 1.21. The number of hydrogen-bond acceptors (Lipinski definition) is 1. The van der Waals surface area contributed by atoms with Crippen LogP contribution in [0, 0.1) is 6.92 Å². The van der Waals surface area contributed by atoms with Crippen molar-refractivity contribution in [2.75, 3.05) is 5.33 Å². The maximum Gasteiger partial charge on any atom is 0.0372 e. The van der Waals surface area contributed by atoms with Gasteiger partial charge in [0.05, 0.1) is 0 Å². The molecule has 0 atom stereocenters. The molecule has 54 valence electrons. The van der Waals surface area contributed by atoms with Gasteiger partial charge in [-0.3, -0.25) is 4.98 Å². The summed E-state index contributed by atoms with van der Waals surface area (Å²) in [6.45, 7) is 2.00. The van der Waals surface area contributed by atoms with Gasteiger partial charge in [-0.05, 0) is 25.0 Å². The van der Waals surface area contributed by atoms with Gasteiger partial charge in [0.25, 0.3) is 0 Å². The fourth-order valence-electron chi connectivity index (χ4n) is 0.755. The molecular weight excluding hydrogens is 190 g/mol. The lowest BCUT2D eigenvalue weighted by Gasteiger charge is -1.95. The Labute approximate surface area is 69.6 Å². The van der Waals surface area contributed by atoms with Gasteiger partial charge in [0.15, 0.2) is 0 Å². The average Bonchev–Trinajstić information content (AvgIpc) is 1.95. The van der Waals surface area contributed by atoms with E-state index in [-0.39, 0.29) is 0 Å². The van der Waals surface area contributed by atoms with Crippen LogP contribution in [-0.2, 0) is 6.42 Å². The van der Waals surface area contributed by atoms with E-state index in [0.29, 0.717) is 0 Å². The van der Waals surface area contributed by atoms with Crippen molar-refractivity contribution in [3.05, 3.63) is 29.6 Å². The molecule has 0 fully saturated rings. The standard InChI is InChI=1S/C8H10BrN/c1-7-2-3-8(4-5-9)6-10-7/h2-3,6H,4-5H2,1H3. The van der Waals surface area contributed by atoms with Gasteiger partial charge in [0.1, 0.15) is 0 Å². The van der Waals surface area contributed by atoms with Gasteiger partial charge in [0.2, 0.25) is 0 Å². The first-order valence-electron chi connectivity index (χ1n) is 3.30. The average molecular weight is 200 g/mol. The summed E-state index contributed by atoms with van der Waals surface area (Å²) in [5, 5.41) is 1.01. The number of aryl methyl sites for hydroxylation is 2. The molecule has 10 heavy (non-hydrogen) atoms. The van der Waals surface area contributed by atoms with Crippen molar-refractivity contribution in [3.63, 3.8) is 0 Å². The molecule has 0 aromatic carbocycles. The van der Waals surface area contributed by atoms with Gasteiger partial charge in [-0.15, -0.1) is 0 Å². The Bertz CT molecular complexity index is 193. The summed E-state index contributed by atoms with van der Waals surface area (Å²) in [6, 6.07) is 4.15. The van der Waals surface area contributed by atoms with Gasteiger partial charge in [-0.25, -0.2) is 0 Å². The summed E-state index contributed by atoms with van der Waals surface area (Å²) in [4.78, 5) is 4.18. The third kappa shape index (κ3) is 2.10. The smallest absolute Gasteiger partial charge is 0.0372 e. The molecule has 0 aliphatic carbocycles. The van der Waals surface area contributed by atoms with Crippen molar-refractivity contribution in [2.24, 2.45) is 0 Å². The number of hydrogen-bond donors (Lipinski definition) is 0. The lowest BCUT2D eigenvalue weighted by atomic mass is 10.2. The minimum atomic E-state index is 1.01. The topological polar surface area (TPSA) is 12.9 Å². The highest BCUT2D eigenvalue weighted by molar-refractivity contribution is 9.09. The number of aromatic nitrogens is 1. The van der Waals surface area contributed by atoms with E-state index in [1.165, 1.54) is 5.56 Å². The van der Waals surface area contributed by atoms with Crippen LogP contribution in [0.2, 0.25) is 0 Å². The van der Waals surface area contributed by atoms with Crippen LogP contribution >= 0.6 is 15.9 Å². The maximum atomic E-state index is 4.18. The van der Waals surface area contributed by atoms with Crippen molar-refractivity contribution in [3.8, 4) is 0 Å². The van der Waals surface area contributed by atoms with E-state index in [9.17, 15) is 0 Å². The molecule has 0 aliphatic rings. The Morgan fingerprint density at radius 2 is 2.30 bits per heavy atom.